The molecule has 4 heteroatoms. The molecule has 1 aromatic carbocycles. The van der Waals surface area contributed by atoms with Crippen LogP contribution in [0, 0.1) is 5.82 Å². The van der Waals surface area contributed by atoms with Crippen molar-refractivity contribution in [1.29, 1.82) is 0 Å². The summed E-state index contributed by atoms with van der Waals surface area (Å²) < 4.78 is 30.6. The molecule has 78 valence electrons. The van der Waals surface area contributed by atoms with Crippen molar-refractivity contribution in [3.63, 3.8) is 0 Å². The molecule has 2 nitrogen and oxygen atoms in total. The summed E-state index contributed by atoms with van der Waals surface area (Å²) >= 11 is 0. The minimum atomic E-state index is -2.97. The van der Waals surface area contributed by atoms with E-state index < -0.39 is 13.2 Å². The third-order valence-corrected chi connectivity index (χ3v) is 4.58. The van der Waals surface area contributed by atoms with Crippen LogP contribution >= 0.6 is 7.37 Å². The molecule has 0 aliphatic heterocycles. The lowest BCUT2D eigenvalue weighted by Crippen LogP contribution is -2.13. The van der Waals surface area contributed by atoms with Crippen molar-refractivity contribution in [2.75, 3.05) is 12.8 Å². The topological polar surface area (TPSA) is 26.3 Å². The molecule has 0 radical (unpaired) electrons. The predicted molar refractivity (Wildman–Crippen MR) is 55.8 cm³/mol. The highest BCUT2D eigenvalue weighted by Crippen LogP contribution is 2.45. The van der Waals surface area contributed by atoms with Gasteiger partial charge in [-0.2, -0.15) is 0 Å². The first kappa shape index (κ1) is 11.4. The van der Waals surface area contributed by atoms with Crippen LogP contribution in [-0.4, -0.2) is 12.8 Å². The van der Waals surface area contributed by atoms with Crippen LogP contribution in [0.1, 0.15) is 13.8 Å². The smallest absolute Gasteiger partial charge is 0.234 e. The van der Waals surface area contributed by atoms with Crippen molar-refractivity contribution >= 4 is 12.7 Å². The molecule has 0 bridgehead atoms. The van der Waals surface area contributed by atoms with Crippen molar-refractivity contribution < 1.29 is 13.5 Å². The Morgan fingerprint density at radius 1 is 1.36 bits per heavy atom. The second-order valence-electron chi connectivity index (χ2n) is 2.86. The van der Waals surface area contributed by atoms with Crippen molar-refractivity contribution in [2.24, 2.45) is 0 Å². The highest BCUT2D eigenvalue weighted by atomic mass is 31.2. The molecule has 0 aliphatic rings. The molecule has 1 unspecified atom stereocenters. The molecule has 0 saturated carbocycles. The minimum Gasteiger partial charge on any atom is -0.326 e. The van der Waals surface area contributed by atoms with E-state index in [4.69, 9.17) is 4.52 Å². The Hall–Kier alpha value is -0.660. The molecule has 1 aromatic rings. The first-order valence-corrected chi connectivity index (χ1v) is 6.43. The fraction of sp³-hybridized carbons (Fsp3) is 0.400. The monoisotopic (exact) mass is 216 g/mol. The average molecular weight is 216 g/mol. The highest BCUT2D eigenvalue weighted by molar-refractivity contribution is 7.66. The van der Waals surface area contributed by atoms with Crippen LogP contribution in [0.15, 0.2) is 24.3 Å². The zero-order valence-corrected chi connectivity index (χ0v) is 9.26. The van der Waals surface area contributed by atoms with Gasteiger partial charge in [-0.1, -0.05) is 19.1 Å². The van der Waals surface area contributed by atoms with Gasteiger partial charge in [-0.25, -0.2) is 4.39 Å². The second kappa shape index (κ2) is 4.72. The Bertz CT molecular complexity index is 352. The van der Waals surface area contributed by atoms with Gasteiger partial charge in [-0.15, -0.1) is 0 Å². The van der Waals surface area contributed by atoms with Crippen LogP contribution in [0.25, 0.3) is 0 Å². The zero-order chi connectivity index (χ0) is 10.6. The summed E-state index contributed by atoms with van der Waals surface area (Å²) in [7, 11) is -2.97. The van der Waals surface area contributed by atoms with E-state index in [1.54, 1.807) is 26.0 Å². The molecular weight excluding hydrogens is 202 g/mol. The first-order chi connectivity index (χ1) is 6.64. The standard InChI is InChI=1S/C10H14FO2P/c1-3-13-14(12,4-2)10-8-6-5-7-9(10)11/h5-8H,3-4H2,1-2H3. The van der Waals surface area contributed by atoms with Gasteiger partial charge < -0.3 is 4.52 Å². The summed E-state index contributed by atoms with van der Waals surface area (Å²) in [6, 6.07) is 6.07. The zero-order valence-electron chi connectivity index (χ0n) is 8.37. The quantitative estimate of drug-likeness (QED) is 0.723. The van der Waals surface area contributed by atoms with Crippen molar-refractivity contribution in [2.45, 2.75) is 13.8 Å². The molecule has 1 rings (SSSR count). The summed E-state index contributed by atoms with van der Waals surface area (Å²) in [5, 5.41) is 0.198. The molecule has 0 N–H and O–H groups in total. The number of benzene rings is 1. The fourth-order valence-corrected chi connectivity index (χ4v) is 3.06. The summed E-state index contributed by atoms with van der Waals surface area (Å²) in [6.07, 6.45) is 0.321. The SMILES string of the molecule is CCOP(=O)(CC)c1ccccc1F. The van der Waals surface area contributed by atoms with Gasteiger partial charge in [0.25, 0.3) is 0 Å². The molecule has 14 heavy (non-hydrogen) atoms. The predicted octanol–water partition coefficient (Wildman–Crippen LogP) is 2.79. The average Bonchev–Trinajstić information content (AvgIpc) is 2.18. The molecule has 0 aliphatic carbocycles. The summed E-state index contributed by atoms with van der Waals surface area (Å²) in [5.41, 5.74) is 0. The molecule has 0 aromatic heterocycles. The van der Waals surface area contributed by atoms with E-state index in [2.05, 4.69) is 0 Å². The van der Waals surface area contributed by atoms with Crippen molar-refractivity contribution in [3.8, 4) is 0 Å². The van der Waals surface area contributed by atoms with Gasteiger partial charge in [-0.05, 0) is 19.1 Å². The van der Waals surface area contributed by atoms with Gasteiger partial charge in [-0.3, -0.25) is 4.57 Å². The van der Waals surface area contributed by atoms with Crippen LogP contribution in [0.2, 0.25) is 0 Å². The van der Waals surface area contributed by atoms with E-state index in [1.165, 1.54) is 12.1 Å². The van der Waals surface area contributed by atoms with Gasteiger partial charge in [0, 0.05) is 6.16 Å². The number of hydrogen-bond acceptors (Lipinski definition) is 2. The van der Waals surface area contributed by atoms with E-state index in [9.17, 15) is 8.96 Å². The third kappa shape index (κ3) is 2.23. The molecule has 0 amide bonds. The Balaban J connectivity index is 3.13. The Morgan fingerprint density at radius 3 is 2.50 bits per heavy atom. The van der Waals surface area contributed by atoms with E-state index >= 15 is 0 Å². The maximum absolute atomic E-state index is 13.3. The van der Waals surface area contributed by atoms with Crippen LogP contribution in [-0.2, 0) is 9.09 Å². The maximum atomic E-state index is 13.3. The summed E-state index contributed by atoms with van der Waals surface area (Å²) in [4.78, 5) is 0. The largest absolute Gasteiger partial charge is 0.326 e. The molecule has 0 saturated heterocycles. The summed E-state index contributed by atoms with van der Waals surface area (Å²) in [6.45, 7) is 3.82. The van der Waals surface area contributed by atoms with Crippen molar-refractivity contribution in [3.05, 3.63) is 30.1 Å². The Labute approximate surface area is 83.5 Å². The van der Waals surface area contributed by atoms with Gasteiger partial charge in [0.15, 0.2) is 0 Å². The van der Waals surface area contributed by atoms with Crippen LogP contribution in [0.5, 0.6) is 0 Å². The molecule has 0 heterocycles. The maximum Gasteiger partial charge on any atom is 0.234 e. The van der Waals surface area contributed by atoms with E-state index in [-0.39, 0.29) is 5.30 Å². The normalized spacial score (nSPS) is 15.1. The number of hydrogen-bond donors (Lipinski definition) is 0. The molecule has 1 atom stereocenters. The Kier molecular flexibility index (Phi) is 3.85. The highest BCUT2D eigenvalue weighted by Gasteiger charge is 2.25. The Morgan fingerprint density at radius 2 is 2.00 bits per heavy atom. The fourth-order valence-electron chi connectivity index (χ4n) is 1.27. The molecule has 0 fully saturated rings. The van der Waals surface area contributed by atoms with Crippen LogP contribution < -0.4 is 5.30 Å². The van der Waals surface area contributed by atoms with Gasteiger partial charge in [0.05, 0.1) is 11.9 Å². The molecular formula is C10H14FO2P. The third-order valence-electron chi connectivity index (χ3n) is 1.97. The second-order valence-corrected chi connectivity index (χ2v) is 5.58. The number of halogens is 1. The minimum absolute atomic E-state index is 0.198. The van der Waals surface area contributed by atoms with E-state index in [0.717, 1.165) is 0 Å². The molecule has 0 spiro atoms. The van der Waals surface area contributed by atoms with E-state index in [1.807, 2.05) is 0 Å². The lowest BCUT2D eigenvalue weighted by Gasteiger charge is -2.16. The van der Waals surface area contributed by atoms with Gasteiger partial charge in [0.1, 0.15) is 5.82 Å². The number of rotatable bonds is 4. The van der Waals surface area contributed by atoms with Gasteiger partial charge >= 0.3 is 0 Å². The van der Waals surface area contributed by atoms with E-state index in [0.29, 0.717) is 12.8 Å². The van der Waals surface area contributed by atoms with Crippen LogP contribution in [0.4, 0.5) is 4.39 Å². The van der Waals surface area contributed by atoms with Crippen molar-refractivity contribution in [1.82, 2.24) is 0 Å². The first-order valence-electron chi connectivity index (χ1n) is 4.62. The van der Waals surface area contributed by atoms with Gasteiger partial charge in [0.2, 0.25) is 7.37 Å². The summed E-state index contributed by atoms with van der Waals surface area (Å²) in [5.74, 6) is -0.453. The lowest BCUT2D eigenvalue weighted by atomic mass is 10.3. The lowest BCUT2D eigenvalue weighted by molar-refractivity contribution is 0.340. The van der Waals surface area contributed by atoms with Crippen LogP contribution in [0.3, 0.4) is 0 Å².